The summed E-state index contributed by atoms with van der Waals surface area (Å²) in [6.45, 7) is 2.85. The second-order valence-electron chi connectivity index (χ2n) is 7.09. The van der Waals surface area contributed by atoms with Crippen LogP contribution in [0.15, 0.2) is 24.5 Å². The van der Waals surface area contributed by atoms with Gasteiger partial charge in [-0.25, -0.2) is 0 Å². The summed E-state index contributed by atoms with van der Waals surface area (Å²) in [7, 11) is 0. The van der Waals surface area contributed by atoms with Gasteiger partial charge in [0.05, 0.1) is 11.2 Å². The number of carbonyl (C=O) groups excluding carboxylic acids is 1. The SMILES string of the molecule is Cc1ccc(-c2c[nH]cc2C(=O)NC2CCOC3(CCCC3)C2)s1. The van der Waals surface area contributed by atoms with E-state index in [4.69, 9.17) is 4.74 Å². The van der Waals surface area contributed by atoms with Crippen LogP contribution in [0.1, 0.15) is 53.8 Å². The number of carbonyl (C=O) groups is 1. The van der Waals surface area contributed by atoms with Gasteiger partial charge < -0.3 is 15.0 Å². The fraction of sp³-hybridized carbons (Fsp3) is 0.526. The molecule has 24 heavy (non-hydrogen) atoms. The van der Waals surface area contributed by atoms with E-state index < -0.39 is 0 Å². The Bertz CT molecular complexity index is 727. The number of ether oxygens (including phenoxy) is 1. The van der Waals surface area contributed by atoms with E-state index in [-0.39, 0.29) is 17.6 Å². The van der Waals surface area contributed by atoms with Gasteiger partial charge in [-0.15, -0.1) is 11.3 Å². The minimum absolute atomic E-state index is 0.0253. The first-order valence-corrected chi connectivity index (χ1v) is 9.65. The highest BCUT2D eigenvalue weighted by Crippen LogP contribution is 2.40. The molecule has 1 aliphatic carbocycles. The highest BCUT2D eigenvalue weighted by molar-refractivity contribution is 7.15. The van der Waals surface area contributed by atoms with E-state index in [1.54, 1.807) is 11.3 Å². The molecule has 1 saturated carbocycles. The Labute approximate surface area is 146 Å². The van der Waals surface area contributed by atoms with Gasteiger partial charge in [-0.1, -0.05) is 12.8 Å². The average Bonchev–Trinajstić information content (AvgIpc) is 3.28. The monoisotopic (exact) mass is 344 g/mol. The quantitative estimate of drug-likeness (QED) is 0.873. The summed E-state index contributed by atoms with van der Waals surface area (Å²) in [5.41, 5.74) is 1.76. The lowest BCUT2D eigenvalue weighted by Crippen LogP contribution is -2.47. The third-order valence-corrected chi connectivity index (χ3v) is 6.37. The van der Waals surface area contributed by atoms with Crippen molar-refractivity contribution in [2.24, 2.45) is 0 Å². The molecule has 0 radical (unpaired) electrons. The first kappa shape index (κ1) is 15.9. The first-order valence-electron chi connectivity index (χ1n) is 8.84. The summed E-state index contributed by atoms with van der Waals surface area (Å²) in [6, 6.07) is 4.40. The Kier molecular flexibility index (Phi) is 4.22. The highest BCUT2D eigenvalue weighted by atomic mass is 32.1. The molecule has 2 aromatic rings. The minimum atomic E-state index is 0.0253. The lowest BCUT2D eigenvalue weighted by atomic mass is 9.89. The second-order valence-corrected chi connectivity index (χ2v) is 8.38. The zero-order valence-electron chi connectivity index (χ0n) is 14.1. The molecule has 1 spiro atoms. The molecular formula is C19H24N2O2S. The topological polar surface area (TPSA) is 54.1 Å². The van der Waals surface area contributed by atoms with Crippen LogP contribution < -0.4 is 5.32 Å². The number of hydrogen-bond acceptors (Lipinski definition) is 3. The number of rotatable bonds is 3. The van der Waals surface area contributed by atoms with Crippen molar-refractivity contribution in [1.29, 1.82) is 0 Å². The predicted molar refractivity (Wildman–Crippen MR) is 96.5 cm³/mol. The van der Waals surface area contributed by atoms with E-state index in [0.29, 0.717) is 0 Å². The predicted octanol–water partition coefficient (Wildman–Crippen LogP) is 4.27. The molecule has 1 amide bonds. The van der Waals surface area contributed by atoms with E-state index in [9.17, 15) is 4.79 Å². The van der Waals surface area contributed by atoms with Gasteiger partial charge in [-0.05, 0) is 44.7 Å². The van der Waals surface area contributed by atoms with Crippen LogP contribution in [0.4, 0.5) is 0 Å². The van der Waals surface area contributed by atoms with Gasteiger partial charge in [0.2, 0.25) is 0 Å². The summed E-state index contributed by atoms with van der Waals surface area (Å²) in [5, 5.41) is 3.26. The molecule has 1 saturated heterocycles. The molecule has 1 atom stereocenters. The molecule has 1 aliphatic heterocycles. The molecule has 3 heterocycles. The fourth-order valence-electron chi connectivity index (χ4n) is 4.12. The zero-order chi connectivity index (χ0) is 16.6. The van der Waals surface area contributed by atoms with E-state index in [1.807, 2.05) is 12.4 Å². The number of hydrogen-bond donors (Lipinski definition) is 2. The average molecular weight is 344 g/mol. The Morgan fingerprint density at radius 3 is 2.92 bits per heavy atom. The van der Waals surface area contributed by atoms with E-state index in [0.717, 1.165) is 48.3 Å². The van der Waals surface area contributed by atoms with Crippen LogP contribution in [-0.4, -0.2) is 29.1 Å². The van der Waals surface area contributed by atoms with Crippen molar-refractivity contribution in [2.75, 3.05) is 6.61 Å². The Hall–Kier alpha value is -1.59. The van der Waals surface area contributed by atoms with Crippen LogP contribution in [0.5, 0.6) is 0 Å². The minimum Gasteiger partial charge on any atom is -0.375 e. The Balaban J connectivity index is 1.48. The number of thiophene rings is 1. The van der Waals surface area contributed by atoms with E-state index >= 15 is 0 Å². The van der Waals surface area contributed by atoms with Crippen LogP contribution in [-0.2, 0) is 4.74 Å². The lowest BCUT2D eigenvalue weighted by Gasteiger charge is -2.38. The smallest absolute Gasteiger partial charge is 0.253 e. The van der Waals surface area contributed by atoms with Gasteiger partial charge in [0.15, 0.2) is 0 Å². The van der Waals surface area contributed by atoms with Crippen molar-refractivity contribution in [1.82, 2.24) is 10.3 Å². The van der Waals surface area contributed by atoms with Crippen molar-refractivity contribution in [3.05, 3.63) is 35.0 Å². The zero-order valence-corrected chi connectivity index (χ0v) is 14.9. The third-order valence-electron chi connectivity index (χ3n) is 5.34. The third kappa shape index (κ3) is 3.03. The molecule has 5 heteroatoms. The van der Waals surface area contributed by atoms with E-state index in [2.05, 4.69) is 29.4 Å². The highest BCUT2D eigenvalue weighted by Gasteiger charge is 2.40. The molecular weight excluding hydrogens is 320 g/mol. The van der Waals surface area contributed by atoms with Crippen molar-refractivity contribution >= 4 is 17.2 Å². The maximum Gasteiger partial charge on any atom is 0.253 e. The van der Waals surface area contributed by atoms with Crippen molar-refractivity contribution in [3.63, 3.8) is 0 Å². The first-order chi connectivity index (χ1) is 11.7. The molecule has 2 aliphatic rings. The summed E-state index contributed by atoms with van der Waals surface area (Å²) in [4.78, 5) is 18.3. The number of aromatic nitrogens is 1. The summed E-state index contributed by atoms with van der Waals surface area (Å²) in [6.07, 6.45) is 10.4. The number of amides is 1. The van der Waals surface area contributed by atoms with Crippen molar-refractivity contribution in [2.45, 2.75) is 57.1 Å². The molecule has 2 N–H and O–H groups in total. The molecule has 4 nitrogen and oxygen atoms in total. The van der Waals surface area contributed by atoms with Gasteiger partial charge >= 0.3 is 0 Å². The summed E-state index contributed by atoms with van der Waals surface area (Å²) >= 11 is 1.72. The van der Waals surface area contributed by atoms with Crippen molar-refractivity contribution < 1.29 is 9.53 Å². The molecule has 2 aromatic heterocycles. The Morgan fingerprint density at radius 2 is 2.17 bits per heavy atom. The van der Waals surface area contributed by atoms with Gasteiger partial charge in [0.25, 0.3) is 5.91 Å². The molecule has 4 rings (SSSR count). The summed E-state index contributed by atoms with van der Waals surface area (Å²) in [5.74, 6) is 0.0253. The van der Waals surface area contributed by atoms with Crippen molar-refractivity contribution in [3.8, 4) is 10.4 Å². The maximum absolute atomic E-state index is 12.8. The molecule has 0 aromatic carbocycles. The second kappa shape index (κ2) is 6.37. The molecule has 1 unspecified atom stereocenters. The van der Waals surface area contributed by atoms with E-state index in [1.165, 1.54) is 17.7 Å². The molecule has 2 fully saturated rings. The van der Waals surface area contributed by atoms with Crippen LogP contribution in [0, 0.1) is 6.92 Å². The lowest BCUT2D eigenvalue weighted by molar-refractivity contribution is -0.0823. The largest absolute Gasteiger partial charge is 0.375 e. The normalized spacial score (nSPS) is 22.8. The number of aromatic amines is 1. The van der Waals surface area contributed by atoms with Gasteiger partial charge in [-0.3, -0.25) is 4.79 Å². The van der Waals surface area contributed by atoms with Crippen LogP contribution in [0.2, 0.25) is 0 Å². The molecule has 128 valence electrons. The van der Waals surface area contributed by atoms with Crippen LogP contribution in [0.3, 0.4) is 0 Å². The van der Waals surface area contributed by atoms with Gasteiger partial charge in [-0.2, -0.15) is 0 Å². The summed E-state index contributed by atoms with van der Waals surface area (Å²) < 4.78 is 6.07. The fourth-order valence-corrected chi connectivity index (χ4v) is 5.01. The standard InChI is InChI=1S/C19H24N2O2S/c1-13-4-5-17(24-13)15-11-20-12-16(15)18(22)21-14-6-9-23-19(10-14)7-2-3-8-19/h4-5,11-12,14,20H,2-3,6-10H2,1H3,(H,21,22). The number of aryl methyl sites for hydroxylation is 1. The number of nitrogens with one attached hydrogen (secondary N) is 2. The van der Waals surface area contributed by atoms with Crippen LogP contribution in [0.25, 0.3) is 10.4 Å². The molecule has 0 bridgehead atoms. The number of H-pyrrole nitrogens is 1. The van der Waals surface area contributed by atoms with Crippen LogP contribution >= 0.6 is 11.3 Å². The van der Waals surface area contributed by atoms with Gasteiger partial charge in [0.1, 0.15) is 0 Å². The Morgan fingerprint density at radius 1 is 1.33 bits per heavy atom. The maximum atomic E-state index is 12.8. The van der Waals surface area contributed by atoms with Gasteiger partial charge in [0, 0.05) is 40.4 Å².